The van der Waals surface area contributed by atoms with Crippen molar-refractivity contribution in [1.82, 2.24) is 0 Å². The number of carboxylic acid groups (broad SMARTS) is 2. The number of carboxylic acids is 2. The maximum absolute atomic E-state index is 10.6. The molecule has 88 valence electrons. The summed E-state index contributed by atoms with van der Waals surface area (Å²) in [6.07, 6.45) is 0.116. The Hall–Kier alpha value is -1.14. The number of hydrogen-bond donors (Lipinski definition) is 2. The molecule has 2 N–H and O–H groups in total. The van der Waals surface area contributed by atoms with Crippen LogP contribution in [0.25, 0.3) is 0 Å². The van der Waals surface area contributed by atoms with E-state index in [1.54, 1.807) is 0 Å². The van der Waals surface area contributed by atoms with E-state index >= 15 is 0 Å². The minimum Gasteiger partial charge on any atom is -0.481 e. The van der Waals surface area contributed by atoms with Crippen molar-refractivity contribution in [2.24, 2.45) is 0 Å². The summed E-state index contributed by atoms with van der Waals surface area (Å²) in [4.78, 5) is 30.0. The highest BCUT2D eigenvalue weighted by Crippen LogP contribution is 2.04. The number of rotatable bonds is 9. The Balaban J connectivity index is 3.73. The van der Waals surface area contributed by atoms with Crippen LogP contribution in [-0.2, 0) is 19.4 Å². The van der Waals surface area contributed by atoms with Crippen molar-refractivity contribution >= 4 is 11.9 Å². The lowest BCUT2D eigenvalue weighted by Crippen LogP contribution is -2.25. The summed E-state index contributed by atoms with van der Waals surface area (Å²) < 4.78 is 0. The van der Waals surface area contributed by atoms with E-state index in [9.17, 15) is 9.59 Å². The van der Waals surface area contributed by atoms with Gasteiger partial charge < -0.3 is 10.2 Å². The van der Waals surface area contributed by atoms with Crippen molar-refractivity contribution in [1.29, 1.82) is 0 Å². The van der Waals surface area contributed by atoms with E-state index in [1.807, 2.05) is 6.92 Å². The molecule has 15 heavy (non-hydrogen) atoms. The average molecular weight is 220 g/mol. The minimum atomic E-state index is -1.22. The van der Waals surface area contributed by atoms with Crippen LogP contribution in [0.3, 0.4) is 0 Å². The SMILES string of the molecule is CCCCOOC(CCC(=O)O)C(=O)O. The molecule has 6 heteroatoms. The van der Waals surface area contributed by atoms with Crippen LogP contribution in [0.4, 0.5) is 0 Å². The lowest BCUT2D eigenvalue weighted by Gasteiger charge is -2.10. The van der Waals surface area contributed by atoms with Gasteiger partial charge in [0.05, 0.1) is 6.61 Å². The maximum atomic E-state index is 10.6. The van der Waals surface area contributed by atoms with Crippen LogP contribution in [0.2, 0.25) is 0 Å². The van der Waals surface area contributed by atoms with Gasteiger partial charge in [0.15, 0.2) is 6.10 Å². The molecule has 1 unspecified atom stereocenters. The number of unbranched alkanes of at least 4 members (excludes halogenated alkanes) is 1. The first-order chi connectivity index (χ1) is 7.07. The highest BCUT2D eigenvalue weighted by molar-refractivity contribution is 5.73. The molecular weight excluding hydrogens is 204 g/mol. The van der Waals surface area contributed by atoms with Gasteiger partial charge in [-0.05, 0) is 12.8 Å². The van der Waals surface area contributed by atoms with Crippen molar-refractivity contribution in [3.05, 3.63) is 0 Å². The van der Waals surface area contributed by atoms with Gasteiger partial charge in [0.1, 0.15) is 0 Å². The van der Waals surface area contributed by atoms with Crippen LogP contribution < -0.4 is 0 Å². The molecule has 0 saturated heterocycles. The monoisotopic (exact) mass is 220 g/mol. The summed E-state index contributed by atoms with van der Waals surface area (Å²) in [5, 5.41) is 17.0. The zero-order chi connectivity index (χ0) is 11.7. The molecule has 0 amide bonds. The van der Waals surface area contributed by atoms with Gasteiger partial charge in [-0.3, -0.25) is 4.79 Å². The fourth-order valence-corrected chi connectivity index (χ4v) is 0.801. The molecule has 0 rings (SSSR count). The summed E-state index contributed by atoms with van der Waals surface area (Å²) in [5.41, 5.74) is 0. The van der Waals surface area contributed by atoms with Crippen molar-refractivity contribution in [2.75, 3.05) is 6.61 Å². The Morgan fingerprint density at radius 3 is 2.47 bits per heavy atom. The topological polar surface area (TPSA) is 93.1 Å². The molecular formula is C9H16O6. The number of aliphatic carboxylic acids is 2. The molecule has 0 saturated carbocycles. The molecule has 0 aromatic heterocycles. The molecule has 0 spiro atoms. The maximum Gasteiger partial charge on any atom is 0.336 e. The molecule has 1 atom stereocenters. The molecule has 0 radical (unpaired) electrons. The Morgan fingerprint density at radius 1 is 1.33 bits per heavy atom. The third kappa shape index (κ3) is 7.90. The first kappa shape index (κ1) is 13.9. The molecule has 0 aromatic rings. The second-order valence-electron chi connectivity index (χ2n) is 3.03. The van der Waals surface area contributed by atoms with E-state index in [1.165, 1.54) is 0 Å². The summed E-state index contributed by atoms with van der Waals surface area (Å²) in [7, 11) is 0. The van der Waals surface area contributed by atoms with Gasteiger partial charge in [-0.1, -0.05) is 13.3 Å². The standard InChI is InChI=1S/C9H16O6/c1-2-3-6-14-15-7(9(12)13)4-5-8(10)11/h7H,2-6H2,1H3,(H,10,11)(H,12,13). The smallest absolute Gasteiger partial charge is 0.336 e. The molecule has 6 nitrogen and oxygen atoms in total. The van der Waals surface area contributed by atoms with E-state index in [0.717, 1.165) is 12.8 Å². The minimum absolute atomic E-state index is 0.100. The second-order valence-corrected chi connectivity index (χ2v) is 3.03. The van der Waals surface area contributed by atoms with E-state index in [4.69, 9.17) is 10.2 Å². The van der Waals surface area contributed by atoms with Crippen LogP contribution in [-0.4, -0.2) is 34.9 Å². The van der Waals surface area contributed by atoms with Crippen LogP contribution in [0, 0.1) is 0 Å². The first-order valence-electron chi connectivity index (χ1n) is 4.80. The highest BCUT2D eigenvalue weighted by atomic mass is 17.2. The lowest BCUT2D eigenvalue weighted by molar-refractivity contribution is -0.321. The Morgan fingerprint density at radius 2 is 2.00 bits per heavy atom. The number of carbonyl (C=O) groups is 2. The van der Waals surface area contributed by atoms with E-state index in [2.05, 4.69) is 9.78 Å². The molecule has 0 aliphatic carbocycles. The molecule has 0 heterocycles. The molecule has 0 fully saturated rings. The van der Waals surface area contributed by atoms with Crippen molar-refractivity contribution in [2.45, 2.75) is 38.7 Å². The predicted octanol–water partition coefficient (Wildman–Crippen LogP) is 1.05. The second kappa shape index (κ2) is 8.19. The van der Waals surface area contributed by atoms with Gasteiger partial charge in [0.2, 0.25) is 0 Å². The molecule has 0 aromatic carbocycles. The van der Waals surface area contributed by atoms with Crippen molar-refractivity contribution in [3.8, 4) is 0 Å². The van der Waals surface area contributed by atoms with E-state index in [-0.39, 0.29) is 12.8 Å². The average Bonchev–Trinajstić information content (AvgIpc) is 2.15. The summed E-state index contributed by atoms with van der Waals surface area (Å²) >= 11 is 0. The zero-order valence-corrected chi connectivity index (χ0v) is 8.64. The predicted molar refractivity (Wildman–Crippen MR) is 50.2 cm³/mol. The fraction of sp³-hybridized carbons (Fsp3) is 0.778. The van der Waals surface area contributed by atoms with E-state index < -0.39 is 18.0 Å². The Kier molecular flexibility index (Phi) is 7.57. The van der Waals surface area contributed by atoms with Crippen LogP contribution in [0.15, 0.2) is 0 Å². The van der Waals surface area contributed by atoms with Crippen LogP contribution in [0.1, 0.15) is 32.6 Å². The zero-order valence-electron chi connectivity index (χ0n) is 8.64. The third-order valence-corrected chi connectivity index (χ3v) is 1.66. The van der Waals surface area contributed by atoms with Gasteiger partial charge in [-0.25, -0.2) is 14.6 Å². The van der Waals surface area contributed by atoms with Crippen LogP contribution >= 0.6 is 0 Å². The largest absolute Gasteiger partial charge is 0.481 e. The summed E-state index contributed by atoms with van der Waals surface area (Å²) in [5.74, 6) is -2.27. The Bertz CT molecular complexity index is 203. The van der Waals surface area contributed by atoms with Gasteiger partial charge in [0, 0.05) is 6.42 Å². The van der Waals surface area contributed by atoms with Gasteiger partial charge in [-0.15, -0.1) is 0 Å². The normalized spacial score (nSPS) is 12.3. The van der Waals surface area contributed by atoms with Gasteiger partial charge in [0.25, 0.3) is 0 Å². The van der Waals surface area contributed by atoms with Crippen LogP contribution in [0.5, 0.6) is 0 Å². The molecule has 0 aliphatic rings. The Labute approximate surface area is 87.7 Å². The van der Waals surface area contributed by atoms with Crippen molar-refractivity contribution < 1.29 is 29.6 Å². The fourth-order valence-electron chi connectivity index (χ4n) is 0.801. The quantitative estimate of drug-likeness (QED) is 0.343. The highest BCUT2D eigenvalue weighted by Gasteiger charge is 2.20. The van der Waals surface area contributed by atoms with Crippen molar-refractivity contribution in [3.63, 3.8) is 0 Å². The first-order valence-corrected chi connectivity index (χ1v) is 4.80. The van der Waals surface area contributed by atoms with Gasteiger partial charge in [-0.2, -0.15) is 0 Å². The summed E-state index contributed by atoms with van der Waals surface area (Å²) in [6, 6.07) is 0. The van der Waals surface area contributed by atoms with E-state index in [0.29, 0.717) is 6.61 Å². The third-order valence-electron chi connectivity index (χ3n) is 1.66. The molecule has 0 aliphatic heterocycles. The summed E-state index contributed by atoms with van der Waals surface area (Å²) in [6.45, 7) is 2.27. The molecule has 0 bridgehead atoms. The number of hydrogen-bond acceptors (Lipinski definition) is 4. The lowest BCUT2D eigenvalue weighted by atomic mass is 10.2. The van der Waals surface area contributed by atoms with Gasteiger partial charge >= 0.3 is 11.9 Å².